The van der Waals surface area contributed by atoms with Gasteiger partial charge in [0, 0.05) is 11.6 Å². The van der Waals surface area contributed by atoms with Gasteiger partial charge in [-0.25, -0.2) is 0 Å². The van der Waals surface area contributed by atoms with E-state index in [1.165, 1.54) is 5.56 Å². The van der Waals surface area contributed by atoms with Crippen molar-refractivity contribution in [1.82, 2.24) is 0 Å². The SMILES string of the molecule is OCCCCCc1ccccc1Cl. The van der Waals surface area contributed by atoms with Gasteiger partial charge in [-0.15, -0.1) is 0 Å². The van der Waals surface area contributed by atoms with E-state index in [9.17, 15) is 0 Å². The van der Waals surface area contributed by atoms with Crippen LogP contribution in [0.2, 0.25) is 5.02 Å². The van der Waals surface area contributed by atoms with E-state index in [1.54, 1.807) is 0 Å². The first-order chi connectivity index (χ1) is 6.34. The predicted molar refractivity (Wildman–Crippen MR) is 56.1 cm³/mol. The van der Waals surface area contributed by atoms with Crippen molar-refractivity contribution < 1.29 is 5.11 Å². The molecule has 0 aliphatic heterocycles. The summed E-state index contributed by atoms with van der Waals surface area (Å²) in [6.45, 7) is 0.294. The maximum Gasteiger partial charge on any atom is 0.0437 e. The topological polar surface area (TPSA) is 20.2 Å². The number of benzene rings is 1. The van der Waals surface area contributed by atoms with Crippen LogP contribution in [0.25, 0.3) is 0 Å². The van der Waals surface area contributed by atoms with Crippen LogP contribution in [0.4, 0.5) is 0 Å². The molecule has 2 heteroatoms. The van der Waals surface area contributed by atoms with Crippen LogP contribution in [0.3, 0.4) is 0 Å². The molecule has 72 valence electrons. The molecule has 0 amide bonds. The lowest BCUT2D eigenvalue weighted by molar-refractivity contribution is 0.283. The second kappa shape index (κ2) is 6.01. The van der Waals surface area contributed by atoms with E-state index >= 15 is 0 Å². The summed E-state index contributed by atoms with van der Waals surface area (Å²) in [7, 11) is 0. The molecule has 1 rings (SSSR count). The van der Waals surface area contributed by atoms with Gasteiger partial charge in [-0.3, -0.25) is 0 Å². The van der Waals surface area contributed by atoms with Crippen LogP contribution < -0.4 is 0 Å². The van der Waals surface area contributed by atoms with Gasteiger partial charge in [-0.05, 0) is 30.9 Å². The van der Waals surface area contributed by atoms with E-state index in [2.05, 4.69) is 6.07 Å². The Morgan fingerprint density at radius 1 is 1.08 bits per heavy atom. The summed E-state index contributed by atoms with van der Waals surface area (Å²) in [5, 5.41) is 9.45. The molecule has 0 aliphatic carbocycles. The molecule has 1 nitrogen and oxygen atoms in total. The number of aryl methyl sites for hydroxylation is 1. The van der Waals surface area contributed by atoms with Gasteiger partial charge in [0.05, 0.1) is 0 Å². The smallest absolute Gasteiger partial charge is 0.0437 e. The minimum atomic E-state index is 0.294. The number of aliphatic hydroxyl groups is 1. The Morgan fingerprint density at radius 2 is 1.85 bits per heavy atom. The zero-order valence-electron chi connectivity index (χ0n) is 7.67. The van der Waals surface area contributed by atoms with Gasteiger partial charge in [0.15, 0.2) is 0 Å². The van der Waals surface area contributed by atoms with Crippen molar-refractivity contribution in [2.75, 3.05) is 6.61 Å². The third kappa shape index (κ3) is 3.79. The molecule has 0 fully saturated rings. The van der Waals surface area contributed by atoms with Gasteiger partial charge in [0.1, 0.15) is 0 Å². The largest absolute Gasteiger partial charge is 0.396 e. The molecule has 0 aromatic heterocycles. The zero-order valence-corrected chi connectivity index (χ0v) is 8.43. The second-order valence-electron chi connectivity index (χ2n) is 3.13. The highest BCUT2D eigenvalue weighted by atomic mass is 35.5. The number of rotatable bonds is 5. The quantitative estimate of drug-likeness (QED) is 0.722. The highest BCUT2D eigenvalue weighted by molar-refractivity contribution is 6.31. The Kier molecular flexibility index (Phi) is 4.87. The van der Waals surface area contributed by atoms with E-state index in [4.69, 9.17) is 16.7 Å². The number of halogens is 1. The summed E-state index contributed by atoms with van der Waals surface area (Å²) < 4.78 is 0. The van der Waals surface area contributed by atoms with Crippen molar-refractivity contribution in [2.45, 2.75) is 25.7 Å². The molecule has 1 N–H and O–H groups in total. The van der Waals surface area contributed by atoms with E-state index in [0.29, 0.717) is 6.61 Å². The Bertz CT molecular complexity index is 248. The summed E-state index contributed by atoms with van der Waals surface area (Å²) in [6.07, 6.45) is 4.08. The number of unbranched alkanes of at least 4 members (excludes halogenated alkanes) is 2. The molecule has 0 aliphatic rings. The van der Waals surface area contributed by atoms with Crippen molar-refractivity contribution in [2.24, 2.45) is 0 Å². The molecule has 0 bridgehead atoms. The van der Waals surface area contributed by atoms with Crippen molar-refractivity contribution in [3.8, 4) is 0 Å². The molecular formula is C11H15ClO. The Morgan fingerprint density at radius 3 is 2.54 bits per heavy atom. The summed E-state index contributed by atoms with van der Waals surface area (Å²) in [4.78, 5) is 0. The molecule has 0 atom stereocenters. The second-order valence-corrected chi connectivity index (χ2v) is 3.53. The van der Waals surface area contributed by atoms with Crippen LogP contribution in [0, 0.1) is 0 Å². The van der Waals surface area contributed by atoms with E-state index in [0.717, 1.165) is 30.7 Å². The lowest BCUT2D eigenvalue weighted by Crippen LogP contribution is -1.88. The number of aliphatic hydroxyl groups excluding tert-OH is 1. The summed E-state index contributed by atoms with van der Waals surface area (Å²) in [6, 6.07) is 7.93. The van der Waals surface area contributed by atoms with Crippen molar-refractivity contribution in [3.63, 3.8) is 0 Å². The van der Waals surface area contributed by atoms with E-state index in [-0.39, 0.29) is 0 Å². The highest BCUT2D eigenvalue weighted by Crippen LogP contribution is 2.17. The molecule has 0 radical (unpaired) electrons. The Balaban J connectivity index is 2.32. The molecule has 1 aromatic rings. The van der Waals surface area contributed by atoms with Gasteiger partial charge in [-0.2, -0.15) is 0 Å². The maximum absolute atomic E-state index is 8.59. The van der Waals surface area contributed by atoms with Crippen LogP contribution in [0.15, 0.2) is 24.3 Å². The molecule has 0 saturated carbocycles. The third-order valence-corrected chi connectivity index (χ3v) is 2.43. The molecule has 13 heavy (non-hydrogen) atoms. The fraction of sp³-hybridized carbons (Fsp3) is 0.455. The van der Waals surface area contributed by atoms with Gasteiger partial charge >= 0.3 is 0 Å². The van der Waals surface area contributed by atoms with Gasteiger partial charge in [0.2, 0.25) is 0 Å². The average Bonchev–Trinajstić information content (AvgIpc) is 2.15. The number of hydrogen-bond donors (Lipinski definition) is 1. The average molecular weight is 199 g/mol. The monoisotopic (exact) mass is 198 g/mol. The van der Waals surface area contributed by atoms with Crippen LogP contribution in [-0.2, 0) is 6.42 Å². The molecule has 1 aromatic carbocycles. The van der Waals surface area contributed by atoms with Crippen LogP contribution in [0.1, 0.15) is 24.8 Å². The maximum atomic E-state index is 8.59. The molecule has 0 heterocycles. The first-order valence-electron chi connectivity index (χ1n) is 4.69. The normalized spacial score (nSPS) is 10.3. The number of hydrogen-bond acceptors (Lipinski definition) is 1. The summed E-state index contributed by atoms with van der Waals surface area (Å²) >= 11 is 5.99. The Labute approximate surface area is 84.4 Å². The predicted octanol–water partition coefficient (Wildman–Crippen LogP) is 3.05. The van der Waals surface area contributed by atoms with E-state index in [1.807, 2.05) is 18.2 Å². The van der Waals surface area contributed by atoms with Gasteiger partial charge in [0.25, 0.3) is 0 Å². The van der Waals surface area contributed by atoms with Gasteiger partial charge < -0.3 is 5.11 Å². The highest BCUT2D eigenvalue weighted by Gasteiger charge is 1.97. The van der Waals surface area contributed by atoms with Crippen LogP contribution in [0.5, 0.6) is 0 Å². The first-order valence-corrected chi connectivity index (χ1v) is 5.06. The van der Waals surface area contributed by atoms with Crippen molar-refractivity contribution >= 4 is 11.6 Å². The molecule has 0 saturated heterocycles. The Hall–Kier alpha value is -0.530. The zero-order chi connectivity index (χ0) is 9.52. The van der Waals surface area contributed by atoms with E-state index < -0.39 is 0 Å². The van der Waals surface area contributed by atoms with Crippen molar-refractivity contribution in [3.05, 3.63) is 34.9 Å². The third-order valence-electron chi connectivity index (χ3n) is 2.06. The first kappa shape index (κ1) is 10.6. The lowest BCUT2D eigenvalue weighted by Gasteiger charge is -2.02. The molecule has 0 unspecified atom stereocenters. The fourth-order valence-electron chi connectivity index (χ4n) is 1.31. The van der Waals surface area contributed by atoms with Gasteiger partial charge in [-0.1, -0.05) is 36.2 Å². The van der Waals surface area contributed by atoms with Crippen molar-refractivity contribution in [1.29, 1.82) is 0 Å². The van der Waals surface area contributed by atoms with Crippen LogP contribution in [-0.4, -0.2) is 11.7 Å². The standard InChI is InChI=1S/C11H15ClO/c12-11-8-4-3-7-10(11)6-2-1-5-9-13/h3-4,7-8,13H,1-2,5-6,9H2. The minimum absolute atomic E-state index is 0.294. The summed E-state index contributed by atoms with van der Waals surface area (Å²) in [5.41, 5.74) is 1.21. The van der Waals surface area contributed by atoms with Crippen LogP contribution >= 0.6 is 11.6 Å². The summed E-state index contributed by atoms with van der Waals surface area (Å²) in [5.74, 6) is 0. The fourth-order valence-corrected chi connectivity index (χ4v) is 1.54. The molecular weight excluding hydrogens is 184 g/mol. The molecule has 0 spiro atoms. The minimum Gasteiger partial charge on any atom is -0.396 e. The lowest BCUT2D eigenvalue weighted by atomic mass is 10.1.